The van der Waals surface area contributed by atoms with Crippen molar-refractivity contribution in [2.45, 2.75) is 6.54 Å². The van der Waals surface area contributed by atoms with E-state index in [9.17, 15) is 0 Å². The second-order valence-corrected chi connectivity index (χ2v) is 4.51. The van der Waals surface area contributed by atoms with Crippen molar-refractivity contribution in [3.63, 3.8) is 0 Å². The van der Waals surface area contributed by atoms with Gasteiger partial charge in [0.15, 0.2) is 5.96 Å². The smallest absolute Gasteiger partial charge is 0.189 e. The van der Waals surface area contributed by atoms with Gasteiger partial charge in [-0.1, -0.05) is 6.08 Å². The Hall–Kier alpha value is -0.810. The Morgan fingerprint density at radius 2 is 2.57 bits per heavy atom. The molecule has 0 radical (unpaired) electrons. The van der Waals surface area contributed by atoms with Crippen LogP contribution in [0.4, 0.5) is 0 Å². The van der Waals surface area contributed by atoms with Crippen molar-refractivity contribution in [1.82, 2.24) is 5.32 Å². The molecule has 0 atom stereocenters. The second-order valence-electron chi connectivity index (χ2n) is 2.60. The van der Waals surface area contributed by atoms with Crippen LogP contribution in [0.3, 0.4) is 0 Å². The Kier molecular flexibility index (Phi) is 4.69. The molecule has 76 valence electrons. The molecule has 0 aliphatic carbocycles. The van der Waals surface area contributed by atoms with Gasteiger partial charge in [-0.2, -0.15) is 0 Å². The largest absolute Gasteiger partial charge is 0.370 e. The van der Waals surface area contributed by atoms with Crippen LogP contribution in [0.2, 0.25) is 0 Å². The van der Waals surface area contributed by atoms with Crippen molar-refractivity contribution < 1.29 is 0 Å². The zero-order valence-electron chi connectivity index (χ0n) is 7.66. The first-order valence-corrected chi connectivity index (χ1v) is 5.77. The number of nitrogens with two attached hydrogens (primary N) is 1. The van der Waals surface area contributed by atoms with Crippen LogP contribution in [0.5, 0.6) is 0 Å². The molecule has 14 heavy (non-hydrogen) atoms. The average Bonchev–Trinajstić information content (AvgIpc) is 2.58. The number of thiophene rings is 1. The second kappa shape index (κ2) is 5.82. The summed E-state index contributed by atoms with van der Waals surface area (Å²) in [5.41, 5.74) is 5.60. The minimum absolute atomic E-state index is 0.453. The fraction of sp³-hybridized carbons (Fsp3) is 0.222. The molecule has 5 heteroatoms. The molecule has 0 aromatic carbocycles. The van der Waals surface area contributed by atoms with Gasteiger partial charge in [-0.05, 0) is 22.0 Å². The van der Waals surface area contributed by atoms with Crippen LogP contribution in [0, 0.1) is 0 Å². The Balaban J connectivity index is 2.41. The molecule has 0 saturated carbocycles. The molecular weight excluding hydrogens is 262 g/mol. The average molecular weight is 274 g/mol. The topological polar surface area (TPSA) is 50.4 Å². The van der Waals surface area contributed by atoms with Crippen LogP contribution in [-0.2, 0) is 6.54 Å². The molecule has 3 nitrogen and oxygen atoms in total. The van der Waals surface area contributed by atoms with Gasteiger partial charge < -0.3 is 11.1 Å². The van der Waals surface area contributed by atoms with E-state index in [2.05, 4.69) is 32.8 Å². The van der Waals surface area contributed by atoms with Crippen molar-refractivity contribution in [2.75, 3.05) is 6.54 Å². The summed E-state index contributed by atoms with van der Waals surface area (Å²) in [6.45, 7) is 4.84. The van der Waals surface area contributed by atoms with Crippen molar-refractivity contribution in [3.8, 4) is 0 Å². The molecular formula is C9H12BrN3S. The molecule has 0 spiro atoms. The number of nitrogens with zero attached hydrogens (tertiary/aromatic N) is 1. The van der Waals surface area contributed by atoms with Gasteiger partial charge in [0.2, 0.25) is 0 Å². The van der Waals surface area contributed by atoms with E-state index < -0.39 is 0 Å². The summed E-state index contributed by atoms with van der Waals surface area (Å²) in [4.78, 5) is 5.35. The Labute approximate surface area is 95.9 Å². The Morgan fingerprint density at radius 1 is 1.79 bits per heavy atom. The molecule has 0 unspecified atom stereocenters. The Morgan fingerprint density at radius 3 is 3.14 bits per heavy atom. The van der Waals surface area contributed by atoms with Crippen LogP contribution < -0.4 is 11.1 Å². The zero-order valence-corrected chi connectivity index (χ0v) is 10.1. The molecule has 1 aromatic rings. The molecule has 0 amide bonds. The highest BCUT2D eigenvalue weighted by Crippen LogP contribution is 2.20. The number of rotatable bonds is 4. The third-order valence-corrected chi connectivity index (χ3v) is 3.14. The third kappa shape index (κ3) is 3.93. The van der Waals surface area contributed by atoms with Crippen LogP contribution >= 0.6 is 27.3 Å². The van der Waals surface area contributed by atoms with Gasteiger partial charge in [0.1, 0.15) is 0 Å². The van der Waals surface area contributed by atoms with E-state index in [1.165, 1.54) is 4.88 Å². The summed E-state index contributed by atoms with van der Waals surface area (Å²) >= 11 is 5.04. The van der Waals surface area contributed by atoms with Crippen LogP contribution in [0.1, 0.15) is 4.88 Å². The molecule has 0 aliphatic heterocycles. The van der Waals surface area contributed by atoms with Gasteiger partial charge in [0, 0.05) is 21.3 Å². The lowest BCUT2D eigenvalue weighted by atomic mass is 10.5. The summed E-state index contributed by atoms with van der Waals surface area (Å²) < 4.78 is 1.09. The van der Waals surface area contributed by atoms with Gasteiger partial charge in [0.05, 0.1) is 6.54 Å². The van der Waals surface area contributed by atoms with E-state index in [1.807, 2.05) is 11.4 Å². The number of hydrogen-bond donors (Lipinski definition) is 2. The third-order valence-electron chi connectivity index (χ3n) is 1.45. The lowest BCUT2D eigenvalue weighted by Gasteiger charge is -2.00. The fourth-order valence-corrected chi connectivity index (χ4v) is 2.21. The monoisotopic (exact) mass is 273 g/mol. The van der Waals surface area contributed by atoms with Gasteiger partial charge in [-0.25, -0.2) is 4.99 Å². The maximum atomic E-state index is 5.60. The first kappa shape index (κ1) is 11.3. The Bertz CT molecular complexity index is 333. The minimum atomic E-state index is 0.453. The molecule has 0 bridgehead atoms. The zero-order chi connectivity index (χ0) is 10.4. The van der Waals surface area contributed by atoms with Gasteiger partial charge in [-0.3, -0.25) is 0 Å². The predicted octanol–water partition coefficient (Wildman–Crippen LogP) is 2.10. The quantitative estimate of drug-likeness (QED) is 0.502. The number of guanidine groups is 1. The van der Waals surface area contributed by atoms with E-state index in [4.69, 9.17) is 5.73 Å². The van der Waals surface area contributed by atoms with E-state index in [1.54, 1.807) is 17.4 Å². The normalized spacial score (nSPS) is 11.4. The first-order valence-electron chi connectivity index (χ1n) is 4.10. The standard InChI is InChI=1S/C9H12BrN3S/c1-2-3-12-9(11)13-5-8-4-7(10)6-14-8/h2,4,6H,1,3,5H2,(H3,11,12,13). The number of nitrogens with one attached hydrogen (secondary N) is 1. The van der Waals surface area contributed by atoms with Crippen LogP contribution in [0.15, 0.2) is 33.6 Å². The highest BCUT2D eigenvalue weighted by Gasteiger charge is 1.96. The van der Waals surface area contributed by atoms with E-state index in [0.717, 1.165) is 4.47 Å². The summed E-state index contributed by atoms with van der Waals surface area (Å²) in [6.07, 6.45) is 1.74. The van der Waals surface area contributed by atoms with Crippen molar-refractivity contribution in [3.05, 3.63) is 33.5 Å². The maximum Gasteiger partial charge on any atom is 0.189 e. The molecule has 1 heterocycles. The van der Waals surface area contributed by atoms with E-state index >= 15 is 0 Å². The van der Waals surface area contributed by atoms with E-state index in [0.29, 0.717) is 19.0 Å². The first-order chi connectivity index (χ1) is 6.72. The maximum absolute atomic E-state index is 5.60. The van der Waals surface area contributed by atoms with Crippen molar-refractivity contribution in [1.29, 1.82) is 0 Å². The summed E-state index contributed by atoms with van der Waals surface area (Å²) in [6, 6.07) is 2.04. The highest BCUT2D eigenvalue weighted by atomic mass is 79.9. The lowest BCUT2D eigenvalue weighted by Crippen LogP contribution is -2.31. The molecule has 0 aliphatic rings. The van der Waals surface area contributed by atoms with Gasteiger partial charge in [-0.15, -0.1) is 17.9 Å². The van der Waals surface area contributed by atoms with Gasteiger partial charge in [0.25, 0.3) is 0 Å². The fourth-order valence-electron chi connectivity index (χ4n) is 0.832. The molecule has 0 fully saturated rings. The minimum Gasteiger partial charge on any atom is -0.370 e. The molecule has 3 N–H and O–H groups in total. The molecule has 1 aromatic heterocycles. The van der Waals surface area contributed by atoms with Crippen molar-refractivity contribution in [2.24, 2.45) is 10.7 Å². The summed E-state index contributed by atoms with van der Waals surface area (Å²) in [5.74, 6) is 0.453. The SMILES string of the molecule is C=CCNC(N)=NCc1cc(Br)cs1. The van der Waals surface area contributed by atoms with E-state index in [-0.39, 0.29) is 0 Å². The number of aliphatic imine (C=N–C) groups is 1. The summed E-state index contributed by atoms with van der Waals surface area (Å²) in [5, 5.41) is 4.94. The van der Waals surface area contributed by atoms with Crippen molar-refractivity contribution >= 4 is 33.2 Å². The molecule has 0 saturated heterocycles. The number of halogens is 1. The van der Waals surface area contributed by atoms with Crippen LogP contribution in [-0.4, -0.2) is 12.5 Å². The van der Waals surface area contributed by atoms with Gasteiger partial charge >= 0.3 is 0 Å². The summed E-state index contributed by atoms with van der Waals surface area (Å²) in [7, 11) is 0. The predicted molar refractivity (Wildman–Crippen MR) is 65.5 cm³/mol. The molecule has 1 rings (SSSR count). The highest BCUT2D eigenvalue weighted by molar-refractivity contribution is 9.10. The lowest BCUT2D eigenvalue weighted by molar-refractivity contribution is 0.979. The van der Waals surface area contributed by atoms with Crippen LogP contribution in [0.25, 0.3) is 0 Å². The number of hydrogen-bond acceptors (Lipinski definition) is 2.